The number of amides is 6. The van der Waals surface area contributed by atoms with Gasteiger partial charge in [0.1, 0.15) is 18.1 Å². The van der Waals surface area contributed by atoms with E-state index in [0.29, 0.717) is 44.5 Å². The highest BCUT2D eigenvalue weighted by Gasteiger charge is 2.29. The number of nitrogens with zero attached hydrogens (tertiary/aromatic N) is 1. The van der Waals surface area contributed by atoms with Crippen molar-refractivity contribution >= 4 is 35.4 Å². The van der Waals surface area contributed by atoms with Gasteiger partial charge in [0, 0.05) is 51.5 Å². The molecule has 2 aliphatic rings. The summed E-state index contributed by atoms with van der Waals surface area (Å²) in [5, 5.41) is 13.9. The fraction of sp³-hybridized carbons (Fsp3) is 0.486. The van der Waals surface area contributed by atoms with Crippen LogP contribution in [0.3, 0.4) is 0 Å². The summed E-state index contributed by atoms with van der Waals surface area (Å²) < 4.78 is 0. The van der Waals surface area contributed by atoms with E-state index in [1.807, 2.05) is 44.2 Å². The smallest absolute Gasteiger partial charge is 0.251 e. The fourth-order valence-electron chi connectivity index (χ4n) is 5.23. The van der Waals surface area contributed by atoms with E-state index < -0.39 is 35.8 Å². The number of rotatable bonds is 7. The first-order valence-corrected chi connectivity index (χ1v) is 16.3. The maximum Gasteiger partial charge on any atom is 0.251 e. The number of hydrogen-bond acceptors (Lipinski definition) is 6. The van der Waals surface area contributed by atoms with E-state index in [0.717, 1.165) is 11.1 Å². The molecule has 0 fully saturated rings. The summed E-state index contributed by atoms with van der Waals surface area (Å²) in [7, 11) is 0. The predicted molar refractivity (Wildman–Crippen MR) is 178 cm³/mol. The van der Waals surface area contributed by atoms with E-state index in [4.69, 9.17) is 0 Å². The van der Waals surface area contributed by atoms with Crippen molar-refractivity contribution in [3.05, 3.63) is 71.3 Å². The van der Waals surface area contributed by atoms with Gasteiger partial charge in [0.25, 0.3) is 5.91 Å². The summed E-state index contributed by atoms with van der Waals surface area (Å²) in [5.41, 5.74) is 1.97. The lowest BCUT2D eigenvalue weighted by Crippen LogP contribution is -2.57. The minimum absolute atomic E-state index is 0.0576. The Morgan fingerprint density at radius 1 is 0.872 bits per heavy atom. The van der Waals surface area contributed by atoms with Crippen LogP contribution in [0.1, 0.15) is 74.9 Å². The Morgan fingerprint density at radius 3 is 2.21 bits per heavy atom. The third-order valence-corrected chi connectivity index (χ3v) is 7.81. The van der Waals surface area contributed by atoms with Gasteiger partial charge in [-0.25, -0.2) is 0 Å². The highest BCUT2D eigenvalue weighted by Crippen LogP contribution is 2.13. The van der Waals surface area contributed by atoms with Gasteiger partial charge in [0.2, 0.25) is 29.5 Å². The molecular weight excluding hydrogens is 600 g/mol. The van der Waals surface area contributed by atoms with Crippen molar-refractivity contribution in [2.24, 2.45) is 5.92 Å². The van der Waals surface area contributed by atoms with Crippen molar-refractivity contribution in [1.82, 2.24) is 31.5 Å². The molecule has 0 aromatic heterocycles. The van der Waals surface area contributed by atoms with Crippen LogP contribution < -0.4 is 26.6 Å². The maximum absolute atomic E-state index is 13.7. The average Bonchev–Trinajstić information content (AvgIpc) is 3.03. The third kappa shape index (κ3) is 12.5. The zero-order valence-corrected chi connectivity index (χ0v) is 27.8. The Balaban J connectivity index is 1.89. The van der Waals surface area contributed by atoms with Gasteiger partial charge in [-0.15, -0.1) is 0 Å². The quantitative estimate of drug-likeness (QED) is 0.288. The molecule has 0 spiro atoms. The Kier molecular flexibility index (Phi) is 14.4. The third-order valence-electron chi connectivity index (χ3n) is 7.81. The molecule has 12 nitrogen and oxygen atoms in total. The summed E-state index contributed by atoms with van der Waals surface area (Å²) in [5.74, 6) is -2.13. The number of carbonyl (C=O) groups is 6. The van der Waals surface area contributed by atoms with Gasteiger partial charge in [0.15, 0.2) is 0 Å². The summed E-state index contributed by atoms with van der Waals surface area (Å²) in [6.45, 7) is 8.13. The molecule has 2 heterocycles. The number of benzene rings is 2. The van der Waals surface area contributed by atoms with Crippen molar-refractivity contribution in [2.75, 3.05) is 19.6 Å². The normalized spacial score (nSPS) is 20.4. The van der Waals surface area contributed by atoms with E-state index in [-0.39, 0.29) is 43.0 Å². The molecule has 0 saturated heterocycles. The van der Waals surface area contributed by atoms with Crippen LogP contribution in [0.25, 0.3) is 0 Å². The first kappa shape index (κ1) is 36.7. The molecule has 2 aromatic carbocycles. The Labute approximate surface area is 276 Å². The lowest BCUT2D eigenvalue weighted by atomic mass is 10.0. The second-order valence-corrected chi connectivity index (χ2v) is 12.4. The molecule has 47 heavy (non-hydrogen) atoms. The molecule has 0 saturated carbocycles. The molecule has 2 aromatic rings. The topological polar surface area (TPSA) is 166 Å². The molecule has 2 bridgehead atoms. The van der Waals surface area contributed by atoms with Gasteiger partial charge in [-0.05, 0) is 55.4 Å². The van der Waals surface area contributed by atoms with Gasteiger partial charge >= 0.3 is 0 Å². The van der Waals surface area contributed by atoms with Crippen molar-refractivity contribution in [1.29, 1.82) is 0 Å². The van der Waals surface area contributed by atoms with Crippen LogP contribution in [0.15, 0.2) is 54.6 Å². The lowest BCUT2D eigenvalue weighted by Gasteiger charge is -2.25. The van der Waals surface area contributed by atoms with Crippen LogP contribution >= 0.6 is 0 Å². The number of nitrogens with one attached hydrogen (secondary N) is 5. The van der Waals surface area contributed by atoms with Crippen molar-refractivity contribution in [3.63, 3.8) is 0 Å². The van der Waals surface area contributed by atoms with Crippen LogP contribution in [-0.4, -0.2) is 78.1 Å². The minimum Gasteiger partial charge on any atom is -0.356 e. The molecule has 4 rings (SSSR count). The SMILES string of the molecule is CC(=O)NCCC(=O)N1CCCCNC(=O)[C@@H](C)NC(=O)[C@H](CC(C)C)NC(=O)[C@@H](Cc2ccccc2)NC(=O)c2ccc(cc2)C1. The maximum atomic E-state index is 13.7. The number of carbonyl (C=O) groups excluding carboxylic acids is 6. The Hall–Kier alpha value is -4.74. The van der Waals surface area contributed by atoms with E-state index in [1.165, 1.54) is 6.92 Å². The lowest BCUT2D eigenvalue weighted by molar-refractivity contribution is -0.132. The van der Waals surface area contributed by atoms with Gasteiger partial charge in [-0.2, -0.15) is 0 Å². The molecule has 254 valence electrons. The predicted octanol–water partition coefficient (Wildman–Crippen LogP) is 1.83. The minimum atomic E-state index is -0.987. The molecule has 6 amide bonds. The second kappa shape index (κ2) is 18.4. The average molecular weight is 649 g/mol. The first-order chi connectivity index (χ1) is 22.4. The van der Waals surface area contributed by atoms with Gasteiger partial charge in [0.05, 0.1) is 0 Å². The van der Waals surface area contributed by atoms with Gasteiger partial charge in [-0.3, -0.25) is 28.8 Å². The summed E-state index contributed by atoms with van der Waals surface area (Å²) in [6.07, 6.45) is 1.87. The molecule has 5 N–H and O–H groups in total. The van der Waals surface area contributed by atoms with E-state index in [9.17, 15) is 28.8 Å². The van der Waals surface area contributed by atoms with E-state index >= 15 is 0 Å². The molecule has 0 aliphatic carbocycles. The van der Waals surface area contributed by atoms with Crippen LogP contribution in [0.2, 0.25) is 0 Å². The largest absolute Gasteiger partial charge is 0.356 e. The first-order valence-electron chi connectivity index (χ1n) is 16.3. The molecule has 12 heteroatoms. The molecular formula is C35H48N6O6. The summed E-state index contributed by atoms with van der Waals surface area (Å²) >= 11 is 0. The highest BCUT2D eigenvalue weighted by molar-refractivity contribution is 5.99. The number of fused-ring (bicyclic) bond motifs is 18. The van der Waals surface area contributed by atoms with Crippen LogP contribution in [0.5, 0.6) is 0 Å². The van der Waals surface area contributed by atoms with E-state index in [1.54, 1.807) is 36.1 Å². The second-order valence-electron chi connectivity index (χ2n) is 12.4. The monoisotopic (exact) mass is 648 g/mol. The van der Waals surface area contributed by atoms with Crippen LogP contribution in [0, 0.1) is 5.92 Å². The van der Waals surface area contributed by atoms with Crippen LogP contribution in [0.4, 0.5) is 0 Å². The Bertz CT molecular complexity index is 1380. The van der Waals surface area contributed by atoms with Crippen molar-refractivity contribution < 1.29 is 28.8 Å². The van der Waals surface area contributed by atoms with Gasteiger partial charge < -0.3 is 31.5 Å². The van der Waals surface area contributed by atoms with Crippen molar-refractivity contribution in [2.45, 2.75) is 84.5 Å². The zero-order chi connectivity index (χ0) is 34.3. The fourth-order valence-corrected chi connectivity index (χ4v) is 5.23. The molecule has 0 radical (unpaired) electrons. The summed E-state index contributed by atoms with van der Waals surface area (Å²) in [6, 6.07) is 13.3. The molecule has 3 atom stereocenters. The van der Waals surface area contributed by atoms with Crippen molar-refractivity contribution in [3.8, 4) is 0 Å². The zero-order valence-electron chi connectivity index (χ0n) is 27.8. The highest BCUT2D eigenvalue weighted by atomic mass is 16.2. The standard InChI is InChI=1S/C35H48N6O6/c1-23(2)20-29-34(46)38-24(3)32(44)37-17-8-9-19-41(31(43)16-18-36-25(4)42)22-27-12-14-28(15-13-27)33(45)39-30(35(47)40-29)21-26-10-6-5-7-11-26/h5-7,10-15,23-24,29-30H,8-9,16-22H2,1-4H3,(H,36,42)(H,37,44)(H,38,46)(H,39,45)(H,40,47)/t24-,29+,30-/m1/s1. The molecule has 2 aliphatic heterocycles. The summed E-state index contributed by atoms with van der Waals surface area (Å²) in [4.78, 5) is 79.3. The van der Waals surface area contributed by atoms with Gasteiger partial charge in [-0.1, -0.05) is 56.3 Å². The molecule has 0 unspecified atom stereocenters. The van der Waals surface area contributed by atoms with E-state index in [2.05, 4.69) is 26.6 Å². The van der Waals surface area contributed by atoms with Crippen LogP contribution in [-0.2, 0) is 36.9 Å². The Morgan fingerprint density at radius 2 is 1.55 bits per heavy atom. The number of hydrogen-bond donors (Lipinski definition) is 5.